The lowest BCUT2D eigenvalue weighted by molar-refractivity contribution is 0.0674. The zero-order chi connectivity index (χ0) is 14.4. The van der Waals surface area contributed by atoms with Gasteiger partial charge in [-0.25, -0.2) is 0 Å². The monoisotopic (exact) mass is 312 g/mol. The van der Waals surface area contributed by atoms with Crippen molar-refractivity contribution in [2.24, 2.45) is 5.92 Å². The lowest BCUT2D eigenvalue weighted by Gasteiger charge is -2.32. The Morgan fingerprint density at radius 1 is 1.38 bits per heavy atom. The molecule has 1 amide bonds. The molecule has 1 heterocycles. The molecule has 5 heteroatoms. The molecule has 0 saturated carbocycles. The highest BCUT2D eigenvalue weighted by molar-refractivity contribution is 5.94. The number of hydrogen-bond acceptors (Lipinski definition) is 3. The maximum absolute atomic E-state index is 12.5. The van der Waals surface area contributed by atoms with E-state index in [1.165, 1.54) is 6.42 Å². The van der Waals surface area contributed by atoms with E-state index in [0.717, 1.165) is 37.2 Å². The van der Waals surface area contributed by atoms with Crippen molar-refractivity contribution >= 4 is 18.3 Å². The second-order valence-corrected chi connectivity index (χ2v) is 5.45. The first kappa shape index (κ1) is 18.0. The van der Waals surface area contributed by atoms with Gasteiger partial charge in [0.25, 0.3) is 5.91 Å². The molecule has 0 aliphatic carbocycles. The zero-order valence-corrected chi connectivity index (χ0v) is 13.6. The quantitative estimate of drug-likeness (QED) is 0.907. The summed E-state index contributed by atoms with van der Waals surface area (Å²) in [6, 6.07) is 7.73. The van der Waals surface area contributed by atoms with E-state index < -0.39 is 0 Å². The van der Waals surface area contributed by atoms with Crippen LogP contribution in [0.25, 0.3) is 0 Å². The van der Waals surface area contributed by atoms with Gasteiger partial charge in [-0.1, -0.05) is 12.1 Å². The molecule has 1 N–H and O–H groups in total. The van der Waals surface area contributed by atoms with Crippen LogP contribution in [0.15, 0.2) is 24.3 Å². The normalized spacial score (nSPS) is 18.2. The van der Waals surface area contributed by atoms with E-state index in [1.54, 1.807) is 7.11 Å². The van der Waals surface area contributed by atoms with Crippen LogP contribution in [0, 0.1) is 5.92 Å². The van der Waals surface area contributed by atoms with Crippen LogP contribution in [0.5, 0.6) is 0 Å². The summed E-state index contributed by atoms with van der Waals surface area (Å²) < 4.78 is 5.08. The molecule has 1 fully saturated rings. The van der Waals surface area contributed by atoms with Gasteiger partial charge >= 0.3 is 0 Å². The molecule has 1 aliphatic rings. The van der Waals surface area contributed by atoms with E-state index in [-0.39, 0.29) is 18.3 Å². The number of rotatable bonds is 5. The minimum Gasteiger partial charge on any atom is -0.380 e. The van der Waals surface area contributed by atoms with Gasteiger partial charge in [-0.15, -0.1) is 12.4 Å². The largest absolute Gasteiger partial charge is 0.380 e. The van der Waals surface area contributed by atoms with E-state index in [4.69, 9.17) is 4.74 Å². The Labute approximate surface area is 133 Å². The van der Waals surface area contributed by atoms with Crippen molar-refractivity contribution < 1.29 is 9.53 Å². The number of likely N-dealkylation sites (tertiary alicyclic amines) is 1. The Hall–Kier alpha value is -1.10. The molecule has 0 bridgehead atoms. The van der Waals surface area contributed by atoms with Gasteiger partial charge < -0.3 is 15.0 Å². The smallest absolute Gasteiger partial charge is 0.253 e. The van der Waals surface area contributed by atoms with E-state index >= 15 is 0 Å². The highest BCUT2D eigenvalue weighted by Gasteiger charge is 2.23. The molecule has 0 spiro atoms. The number of carbonyl (C=O) groups is 1. The van der Waals surface area contributed by atoms with Crippen LogP contribution in [-0.2, 0) is 11.3 Å². The van der Waals surface area contributed by atoms with Crippen molar-refractivity contribution in [1.29, 1.82) is 0 Å². The zero-order valence-electron chi connectivity index (χ0n) is 12.8. The number of nitrogens with one attached hydrogen (secondary N) is 1. The van der Waals surface area contributed by atoms with Crippen molar-refractivity contribution in [3.63, 3.8) is 0 Å². The Kier molecular flexibility index (Phi) is 7.72. The third-order valence-corrected chi connectivity index (χ3v) is 3.81. The molecule has 118 valence electrons. The predicted molar refractivity (Wildman–Crippen MR) is 87.0 cm³/mol. The van der Waals surface area contributed by atoms with E-state index in [0.29, 0.717) is 12.5 Å². The van der Waals surface area contributed by atoms with Crippen LogP contribution in [0.1, 0.15) is 28.8 Å². The van der Waals surface area contributed by atoms with Gasteiger partial charge in [0, 0.05) is 25.8 Å². The minimum absolute atomic E-state index is 0. The maximum Gasteiger partial charge on any atom is 0.253 e. The van der Waals surface area contributed by atoms with E-state index in [1.807, 2.05) is 36.2 Å². The van der Waals surface area contributed by atoms with Gasteiger partial charge in [0.1, 0.15) is 0 Å². The van der Waals surface area contributed by atoms with Crippen LogP contribution >= 0.6 is 12.4 Å². The predicted octanol–water partition coefficient (Wildman–Crippen LogP) is 2.33. The molecule has 0 aromatic heterocycles. The molecule has 1 aromatic rings. The number of piperidine rings is 1. The van der Waals surface area contributed by atoms with Crippen LogP contribution in [0.2, 0.25) is 0 Å². The Bertz CT molecular complexity index is 434. The number of ether oxygens (including phenoxy) is 1. The highest BCUT2D eigenvalue weighted by Crippen LogP contribution is 2.18. The minimum atomic E-state index is 0. The summed E-state index contributed by atoms with van der Waals surface area (Å²) in [6.07, 6.45) is 2.30. The van der Waals surface area contributed by atoms with Crippen molar-refractivity contribution in [3.05, 3.63) is 35.4 Å². The van der Waals surface area contributed by atoms with Gasteiger partial charge in [-0.2, -0.15) is 0 Å². The molecular weight excluding hydrogens is 288 g/mol. The molecule has 1 saturated heterocycles. The number of hydrogen-bond donors (Lipinski definition) is 1. The van der Waals surface area contributed by atoms with Crippen molar-refractivity contribution in [3.8, 4) is 0 Å². The Morgan fingerprint density at radius 3 is 2.71 bits per heavy atom. The number of halogens is 1. The summed E-state index contributed by atoms with van der Waals surface area (Å²) in [5, 5.41) is 3.21. The van der Waals surface area contributed by atoms with Crippen molar-refractivity contribution in [2.75, 3.05) is 33.8 Å². The van der Waals surface area contributed by atoms with Crippen molar-refractivity contribution in [2.45, 2.75) is 19.4 Å². The van der Waals surface area contributed by atoms with Crippen molar-refractivity contribution in [1.82, 2.24) is 10.2 Å². The van der Waals surface area contributed by atoms with E-state index in [2.05, 4.69) is 5.32 Å². The summed E-state index contributed by atoms with van der Waals surface area (Å²) in [7, 11) is 3.64. The molecular formula is C16H25ClN2O2. The first-order valence-electron chi connectivity index (χ1n) is 7.26. The van der Waals surface area contributed by atoms with Gasteiger partial charge in [0.15, 0.2) is 0 Å². The highest BCUT2D eigenvalue weighted by atomic mass is 35.5. The Morgan fingerprint density at radius 2 is 2.10 bits per heavy atom. The second kappa shape index (κ2) is 9.03. The summed E-state index contributed by atoms with van der Waals surface area (Å²) >= 11 is 0. The van der Waals surface area contributed by atoms with Gasteiger partial charge in [0.2, 0.25) is 0 Å². The summed E-state index contributed by atoms with van der Waals surface area (Å²) in [5.74, 6) is 0.722. The van der Waals surface area contributed by atoms with Crippen LogP contribution in [0.4, 0.5) is 0 Å². The molecule has 2 rings (SSSR count). The number of benzene rings is 1. The maximum atomic E-state index is 12.5. The molecule has 1 aromatic carbocycles. The van der Waals surface area contributed by atoms with Crippen LogP contribution < -0.4 is 5.32 Å². The van der Waals surface area contributed by atoms with Crippen LogP contribution in [0.3, 0.4) is 0 Å². The fraction of sp³-hybridized carbons (Fsp3) is 0.562. The number of nitrogens with zero attached hydrogens (tertiary/aromatic N) is 1. The molecule has 1 atom stereocenters. The third kappa shape index (κ3) is 4.99. The molecule has 4 nitrogen and oxygen atoms in total. The molecule has 0 radical (unpaired) electrons. The lowest BCUT2D eigenvalue weighted by Crippen LogP contribution is -2.42. The SMILES string of the molecule is CNCC1CCCN(C(=O)c2ccc(COC)cc2)C1.Cl. The first-order chi connectivity index (χ1) is 9.74. The lowest BCUT2D eigenvalue weighted by atomic mass is 9.97. The summed E-state index contributed by atoms with van der Waals surface area (Å²) in [6.45, 7) is 3.30. The first-order valence-corrected chi connectivity index (χ1v) is 7.26. The average molecular weight is 313 g/mol. The third-order valence-electron chi connectivity index (χ3n) is 3.81. The fourth-order valence-corrected chi connectivity index (χ4v) is 2.80. The summed E-state index contributed by atoms with van der Waals surface area (Å²) in [5.41, 5.74) is 1.87. The average Bonchev–Trinajstić information content (AvgIpc) is 2.48. The topological polar surface area (TPSA) is 41.6 Å². The van der Waals surface area contributed by atoms with Gasteiger partial charge in [0.05, 0.1) is 6.61 Å². The van der Waals surface area contributed by atoms with E-state index in [9.17, 15) is 4.79 Å². The number of methoxy groups -OCH3 is 1. The fourth-order valence-electron chi connectivity index (χ4n) is 2.80. The second-order valence-electron chi connectivity index (χ2n) is 5.45. The summed E-state index contributed by atoms with van der Waals surface area (Å²) in [4.78, 5) is 14.5. The Balaban J connectivity index is 0.00000220. The van der Waals surface area contributed by atoms with Gasteiger partial charge in [-0.05, 0) is 50.0 Å². The number of carbonyl (C=O) groups excluding carboxylic acids is 1. The number of amides is 1. The standard InChI is InChI=1S/C16H24N2O2.ClH/c1-17-10-14-4-3-9-18(11-14)16(19)15-7-5-13(6-8-15)12-20-2;/h5-8,14,17H,3-4,9-12H2,1-2H3;1H. The molecule has 21 heavy (non-hydrogen) atoms. The van der Waals surface area contributed by atoms with Gasteiger partial charge in [-0.3, -0.25) is 4.79 Å². The molecule has 1 aliphatic heterocycles. The van der Waals surface area contributed by atoms with Crippen LogP contribution in [-0.4, -0.2) is 44.6 Å². The molecule has 1 unspecified atom stereocenters.